The number of carbonyl (C=O) groups is 1. The van der Waals surface area contributed by atoms with Gasteiger partial charge in [0.2, 0.25) is 5.13 Å². The Bertz CT molecular complexity index is 966. The Morgan fingerprint density at radius 3 is 2.69 bits per heavy atom. The Balaban J connectivity index is 1.80. The van der Waals surface area contributed by atoms with Gasteiger partial charge < -0.3 is 9.30 Å². The van der Waals surface area contributed by atoms with Crippen LogP contribution in [0, 0.1) is 6.92 Å². The highest BCUT2D eigenvalue weighted by Crippen LogP contribution is 2.22. The molecule has 0 spiro atoms. The fourth-order valence-corrected chi connectivity index (χ4v) is 3.07. The highest BCUT2D eigenvalue weighted by atomic mass is 32.1. The van der Waals surface area contributed by atoms with E-state index in [1.54, 1.807) is 23.8 Å². The van der Waals surface area contributed by atoms with Crippen LogP contribution < -0.4 is 15.6 Å². The summed E-state index contributed by atoms with van der Waals surface area (Å²) in [7, 11) is 1.47. The van der Waals surface area contributed by atoms with E-state index < -0.39 is 5.91 Å². The predicted octanol–water partition coefficient (Wildman–Crippen LogP) is 2.51. The number of ether oxygens (including phenoxy) is 1. The molecule has 1 N–H and O–H groups in total. The molecule has 0 atom stereocenters. The lowest BCUT2D eigenvalue weighted by Crippen LogP contribution is -2.30. The third-order valence-corrected chi connectivity index (χ3v) is 4.69. The lowest BCUT2D eigenvalue weighted by molar-refractivity contribution is 0.102. The molecular formula is C18H18N4O3S. The summed E-state index contributed by atoms with van der Waals surface area (Å²) in [5.41, 5.74) is 1.52. The van der Waals surface area contributed by atoms with Crippen molar-refractivity contribution in [1.29, 1.82) is 0 Å². The standard InChI is InChI=1S/C18H18N4O3S/c1-12-8-10-22(11-9-13-6-4-3-5-7-13)16(24)14(12)15(23)19-17-20-21-18(25-2)26-17/h3-8,10H,9,11H2,1-2H3,(H,19,20,23). The molecule has 0 aliphatic carbocycles. The quantitative estimate of drug-likeness (QED) is 0.720. The number of carbonyl (C=O) groups excluding carboxylic acids is 1. The van der Waals surface area contributed by atoms with Gasteiger partial charge in [-0.1, -0.05) is 35.4 Å². The van der Waals surface area contributed by atoms with Crippen LogP contribution in [-0.2, 0) is 13.0 Å². The van der Waals surface area contributed by atoms with Crippen molar-refractivity contribution in [2.75, 3.05) is 12.4 Å². The second-order valence-electron chi connectivity index (χ2n) is 5.64. The van der Waals surface area contributed by atoms with Crippen LogP contribution in [0.2, 0.25) is 0 Å². The van der Waals surface area contributed by atoms with Crippen molar-refractivity contribution in [2.45, 2.75) is 19.9 Å². The largest absolute Gasteiger partial charge is 0.472 e. The number of anilines is 1. The Kier molecular flexibility index (Phi) is 5.43. The first-order chi connectivity index (χ1) is 12.6. The molecule has 0 aliphatic rings. The van der Waals surface area contributed by atoms with Crippen molar-refractivity contribution in [3.63, 3.8) is 0 Å². The lowest BCUT2D eigenvalue weighted by atomic mass is 10.1. The van der Waals surface area contributed by atoms with Crippen LogP contribution in [0.4, 0.5) is 5.13 Å². The number of hydrogen-bond acceptors (Lipinski definition) is 6. The topological polar surface area (TPSA) is 86.1 Å². The lowest BCUT2D eigenvalue weighted by Gasteiger charge is -2.10. The van der Waals surface area contributed by atoms with Gasteiger partial charge in [0.15, 0.2) is 0 Å². The number of pyridine rings is 1. The van der Waals surface area contributed by atoms with Crippen LogP contribution in [-0.4, -0.2) is 27.8 Å². The molecule has 8 heteroatoms. The second-order valence-corrected chi connectivity index (χ2v) is 6.58. The minimum Gasteiger partial charge on any atom is -0.472 e. The molecule has 0 bridgehead atoms. The molecule has 1 aromatic carbocycles. The zero-order valence-corrected chi connectivity index (χ0v) is 15.2. The third-order valence-electron chi connectivity index (χ3n) is 3.89. The molecule has 26 heavy (non-hydrogen) atoms. The zero-order chi connectivity index (χ0) is 18.5. The Morgan fingerprint density at radius 2 is 2.00 bits per heavy atom. The molecule has 1 amide bonds. The van der Waals surface area contributed by atoms with Gasteiger partial charge in [-0.2, -0.15) is 0 Å². The van der Waals surface area contributed by atoms with Crippen molar-refractivity contribution in [2.24, 2.45) is 0 Å². The maximum atomic E-state index is 12.7. The van der Waals surface area contributed by atoms with E-state index in [-0.39, 0.29) is 16.3 Å². The summed E-state index contributed by atoms with van der Waals surface area (Å²) < 4.78 is 6.50. The molecule has 0 saturated carbocycles. The van der Waals surface area contributed by atoms with Crippen molar-refractivity contribution in [1.82, 2.24) is 14.8 Å². The highest BCUT2D eigenvalue weighted by Gasteiger charge is 2.18. The SMILES string of the molecule is COc1nnc(NC(=O)c2c(C)ccn(CCc3ccccc3)c2=O)s1. The minimum absolute atomic E-state index is 0.106. The van der Waals surface area contributed by atoms with E-state index in [9.17, 15) is 9.59 Å². The average Bonchev–Trinajstić information content (AvgIpc) is 3.09. The Labute approximate surface area is 154 Å². The highest BCUT2D eigenvalue weighted by molar-refractivity contribution is 7.17. The van der Waals surface area contributed by atoms with E-state index in [0.29, 0.717) is 23.7 Å². The summed E-state index contributed by atoms with van der Waals surface area (Å²) in [4.78, 5) is 25.3. The van der Waals surface area contributed by atoms with Gasteiger partial charge in [0.25, 0.3) is 16.7 Å². The van der Waals surface area contributed by atoms with Crippen molar-refractivity contribution >= 4 is 22.4 Å². The number of nitrogens with zero attached hydrogens (tertiary/aromatic N) is 3. The van der Waals surface area contributed by atoms with Gasteiger partial charge in [0.05, 0.1) is 7.11 Å². The number of hydrogen-bond donors (Lipinski definition) is 1. The van der Waals surface area contributed by atoms with Gasteiger partial charge in [0, 0.05) is 12.7 Å². The molecule has 0 aliphatic heterocycles. The molecule has 0 saturated heterocycles. The minimum atomic E-state index is -0.500. The van der Waals surface area contributed by atoms with Crippen LogP contribution in [0.25, 0.3) is 0 Å². The molecule has 3 rings (SSSR count). The summed E-state index contributed by atoms with van der Waals surface area (Å²) in [6, 6.07) is 11.7. The van der Waals surface area contributed by atoms with Crippen LogP contribution in [0.3, 0.4) is 0 Å². The number of methoxy groups -OCH3 is 1. The first-order valence-corrected chi connectivity index (χ1v) is 8.83. The fraction of sp³-hybridized carbons (Fsp3) is 0.222. The number of amides is 1. The first kappa shape index (κ1) is 17.8. The maximum absolute atomic E-state index is 12.7. The molecule has 3 aromatic rings. The van der Waals surface area contributed by atoms with Gasteiger partial charge in [-0.15, -0.1) is 5.10 Å². The molecule has 0 fully saturated rings. The summed E-state index contributed by atoms with van der Waals surface area (Å²) in [5, 5.41) is 10.8. The first-order valence-electron chi connectivity index (χ1n) is 8.01. The normalized spacial score (nSPS) is 10.5. The summed E-state index contributed by atoms with van der Waals surface area (Å²) >= 11 is 1.09. The number of aromatic nitrogens is 3. The van der Waals surface area contributed by atoms with E-state index in [1.165, 1.54) is 7.11 Å². The van der Waals surface area contributed by atoms with E-state index in [1.807, 2.05) is 30.3 Å². The van der Waals surface area contributed by atoms with Crippen LogP contribution in [0.1, 0.15) is 21.5 Å². The zero-order valence-electron chi connectivity index (χ0n) is 14.4. The Morgan fingerprint density at radius 1 is 1.23 bits per heavy atom. The molecule has 134 valence electrons. The number of rotatable bonds is 6. The average molecular weight is 370 g/mol. The molecule has 0 radical (unpaired) electrons. The van der Waals surface area contributed by atoms with Crippen molar-refractivity contribution in [3.05, 3.63) is 69.6 Å². The number of aryl methyl sites for hydroxylation is 3. The molecule has 2 heterocycles. The van der Waals surface area contributed by atoms with Crippen LogP contribution in [0.5, 0.6) is 5.19 Å². The van der Waals surface area contributed by atoms with Crippen molar-refractivity contribution < 1.29 is 9.53 Å². The van der Waals surface area contributed by atoms with Crippen LogP contribution >= 0.6 is 11.3 Å². The van der Waals surface area contributed by atoms with Crippen LogP contribution in [0.15, 0.2) is 47.4 Å². The predicted molar refractivity (Wildman–Crippen MR) is 100.0 cm³/mol. The summed E-state index contributed by atoms with van der Waals surface area (Å²) in [5.74, 6) is -0.500. The van der Waals surface area contributed by atoms with Gasteiger partial charge >= 0.3 is 0 Å². The molecule has 0 unspecified atom stereocenters. The smallest absolute Gasteiger partial charge is 0.295 e. The molecule has 2 aromatic heterocycles. The maximum Gasteiger partial charge on any atom is 0.295 e. The molecular weight excluding hydrogens is 352 g/mol. The number of nitrogens with one attached hydrogen (secondary N) is 1. The van der Waals surface area contributed by atoms with Crippen molar-refractivity contribution in [3.8, 4) is 5.19 Å². The number of benzene rings is 1. The van der Waals surface area contributed by atoms with Gasteiger partial charge in [-0.3, -0.25) is 14.9 Å². The monoisotopic (exact) mass is 370 g/mol. The van der Waals surface area contributed by atoms with Gasteiger partial charge in [-0.25, -0.2) is 0 Å². The van der Waals surface area contributed by atoms with E-state index in [2.05, 4.69) is 15.5 Å². The second kappa shape index (κ2) is 7.92. The third kappa shape index (κ3) is 3.97. The fourth-order valence-electron chi connectivity index (χ4n) is 2.51. The summed E-state index contributed by atoms with van der Waals surface area (Å²) in [6.07, 6.45) is 2.42. The van der Waals surface area contributed by atoms with E-state index >= 15 is 0 Å². The van der Waals surface area contributed by atoms with E-state index in [4.69, 9.17) is 4.74 Å². The van der Waals surface area contributed by atoms with Gasteiger partial charge in [-0.05, 0) is 41.9 Å². The Hall–Kier alpha value is -3.00. The van der Waals surface area contributed by atoms with E-state index in [0.717, 1.165) is 16.9 Å². The van der Waals surface area contributed by atoms with Gasteiger partial charge in [0.1, 0.15) is 5.56 Å². The summed E-state index contributed by atoms with van der Waals surface area (Å²) in [6.45, 7) is 2.23. The molecule has 7 nitrogen and oxygen atoms in total.